The summed E-state index contributed by atoms with van der Waals surface area (Å²) in [7, 11) is 2.24. The number of piperidine rings is 1. The Hall–Kier alpha value is -0.0800. The third kappa shape index (κ3) is 2.98. The summed E-state index contributed by atoms with van der Waals surface area (Å²) in [5.41, 5.74) is 0.694. The highest BCUT2D eigenvalue weighted by molar-refractivity contribution is 4.94. The topological polar surface area (TPSA) is 15.3 Å². The lowest BCUT2D eigenvalue weighted by molar-refractivity contribution is 0.186. The zero-order valence-electron chi connectivity index (χ0n) is 11.3. The van der Waals surface area contributed by atoms with Gasteiger partial charge in [-0.1, -0.05) is 6.92 Å². The van der Waals surface area contributed by atoms with Crippen molar-refractivity contribution >= 4 is 0 Å². The van der Waals surface area contributed by atoms with Crippen LogP contribution in [0.3, 0.4) is 0 Å². The van der Waals surface area contributed by atoms with Gasteiger partial charge in [-0.3, -0.25) is 0 Å². The van der Waals surface area contributed by atoms with E-state index in [1.807, 2.05) is 0 Å². The first kappa shape index (κ1) is 12.4. The van der Waals surface area contributed by atoms with Crippen molar-refractivity contribution in [3.05, 3.63) is 0 Å². The Kier molecular flexibility index (Phi) is 3.91. The first-order valence-corrected chi connectivity index (χ1v) is 7.07. The fraction of sp³-hybridized carbons (Fsp3) is 1.00. The number of hydrogen-bond donors (Lipinski definition) is 1. The molecular weight excluding hydrogens is 196 g/mol. The Morgan fingerprint density at radius 2 is 1.94 bits per heavy atom. The van der Waals surface area contributed by atoms with E-state index in [0.29, 0.717) is 5.41 Å². The molecule has 1 heterocycles. The van der Waals surface area contributed by atoms with Crippen LogP contribution in [-0.2, 0) is 0 Å². The number of nitrogens with one attached hydrogen (secondary N) is 1. The molecule has 0 aromatic rings. The van der Waals surface area contributed by atoms with Crippen molar-refractivity contribution in [3.63, 3.8) is 0 Å². The van der Waals surface area contributed by atoms with Crippen LogP contribution in [0.25, 0.3) is 0 Å². The van der Waals surface area contributed by atoms with E-state index >= 15 is 0 Å². The molecule has 0 amide bonds. The van der Waals surface area contributed by atoms with E-state index in [0.717, 1.165) is 12.0 Å². The first-order chi connectivity index (χ1) is 7.65. The van der Waals surface area contributed by atoms with Gasteiger partial charge in [0.1, 0.15) is 0 Å². The molecule has 16 heavy (non-hydrogen) atoms. The molecule has 2 fully saturated rings. The van der Waals surface area contributed by atoms with Gasteiger partial charge in [0.15, 0.2) is 0 Å². The second-order valence-electron chi connectivity index (χ2n) is 6.16. The van der Waals surface area contributed by atoms with E-state index in [1.165, 1.54) is 51.7 Å². The van der Waals surface area contributed by atoms with Crippen LogP contribution in [0.15, 0.2) is 0 Å². The molecule has 94 valence electrons. The van der Waals surface area contributed by atoms with Crippen LogP contribution in [0.4, 0.5) is 0 Å². The molecule has 0 aromatic carbocycles. The lowest BCUT2D eigenvalue weighted by atomic mass is 9.90. The SMILES string of the molecule is CCC1(CNC(C)C2CCN(C)CC2)CC1. The molecule has 1 unspecified atom stereocenters. The standard InChI is InChI=1S/C14H28N2/c1-4-14(7-8-14)11-15-12(2)13-5-9-16(3)10-6-13/h12-13,15H,4-11H2,1-3H3. The van der Waals surface area contributed by atoms with Crippen LogP contribution >= 0.6 is 0 Å². The van der Waals surface area contributed by atoms with E-state index in [9.17, 15) is 0 Å². The fourth-order valence-electron chi connectivity index (χ4n) is 2.90. The van der Waals surface area contributed by atoms with E-state index in [4.69, 9.17) is 0 Å². The number of hydrogen-bond acceptors (Lipinski definition) is 2. The zero-order chi connectivity index (χ0) is 11.6. The van der Waals surface area contributed by atoms with Gasteiger partial charge in [-0.15, -0.1) is 0 Å². The molecule has 1 saturated heterocycles. The monoisotopic (exact) mass is 224 g/mol. The van der Waals surface area contributed by atoms with Crippen LogP contribution in [0.2, 0.25) is 0 Å². The normalized spacial score (nSPS) is 27.9. The Morgan fingerprint density at radius 1 is 1.31 bits per heavy atom. The third-order valence-electron chi connectivity index (χ3n) is 4.98. The van der Waals surface area contributed by atoms with E-state index in [2.05, 4.69) is 31.1 Å². The summed E-state index contributed by atoms with van der Waals surface area (Å²) in [6.45, 7) is 8.57. The molecular formula is C14H28N2. The van der Waals surface area contributed by atoms with Gasteiger partial charge in [0.05, 0.1) is 0 Å². The Balaban J connectivity index is 1.69. The highest BCUT2D eigenvalue weighted by atomic mass is 15.1. The summed E-state index contributed by atoms with van der Waals surface area (Å²) in [6, 6.07) is 0.720. The van der Waals surface area contributed by atoms with Crippen LogP contribution in [0, 0.1) is 11.3 Å². The zero-order valence-corrected chi connectivity index (χ0v) is 11.3. The highest BCUT2D eigenvalue weighted by Crippen LogP contribution is 2.48. The first-order valence-electron chi connectivity index (χ1n) is 7.07. The van der Waals surface area contributed by atoms with Gasteiger partial charge in [-0.2, -0.15) is 0 Å². The molecule has 1 atom stereocenters. The van der Waals surface area contributed by atoms with E-state index in [-0.39, 0.29) is 0 Å². The molecule has 2 nitrogen and oxygen atoms in total. The molecule has 1 aliphatic heterocycles. The van der Waals surface area contributed by atoms with Crippen molar-refractivity contribution in [3.8, 4) is 0 Å². The van der Waals surface area contributed by atoms with Gasteiger partial charge < -0.3 is 10.2 Å². The maximum absolute atomic E-state index is 3.80. The largest absolute Gasteiger partial charge is 0.313 e. The Labute approximate surface area is 101 Å². The summed E-state index contributed by atoms with van der Waals surface area (Å²) in [5.74, 6) is 0.906. The third-order valence-corrected chi connectivity index (χ3v) is 4.98. The molecule has 2 heteroatoms. The second kappa shape index (κ2) is 5.05. The van der Waals surface area contributed by atoms with Crippen LogP contribution in [0.5, 0.6) is 0 Å². The molecule has 0 radical (unpaired) electrons. The van der Waals surface area contributed by atoms with Crippen molar-refractivity contribution in [2.75, 3.05) is 26.7 Å². The van der Waals surface area contributed by atoms with Crippen molar-refractivity contribution in [2.45, 2.75) is 52.0 Å². The van der Waals surface area contributed by atoms with E-state index in [1.54, 1.807) is 0 Å². The Bertz CT molecular complexity index is 215. The minimum Gasteiger partial charge on any atom is -0.313 e. The minimum atomic E-state index is 0.694. The average Bonchev–Trinajstić information content (AvgIpc) is 3.08. The van der Waals surface area contributed by atoms with Gasteiger partial charge in [0.25, 0.3) is 0 Å². The lowest BCUT2D eigenvalue weighted by Crippen LogP contribution is -2.42. The Morgan fingerprint density at radius 3 is 2.44 bits per heavy atom. The quantitative estimate of drug-likeness (QED) is 0.772. The second-order valence-corrected chi connectivity index (χ2v) is 6.16. The van der Waals surface area contributed by atoms with Gasteiger partial charge in [0.2, 0.25) is 0 Å². The van der Waals surface area contributed by atoms with Gasteiger partial charge in [0, 0.05) is 12.6 Å². The molecule has 2 rings (SSSR count). The van der Waals surface area contributed by atoms with E-state index < -0.39 is 0 Å². The van der Waals surface area contributed by atoms with Crippen molar-refractivity contribution in [1.82, 2.24) is 10.2 Å². The fourth-order valence-corrected chi connectivity index (χ4v) is 2.90. The van der Waals surface area contributed by atoms with Crippen LogP contribution in [-0.4, -0.2) is 37.6 Å². The van der Waals surface area contributed by atoms with Gasteiger partial charge >= 0.3 is 0 Å². The van der Waals surface area contributed by atoms with Crippen molar-refractivity contribution in [1.29, 1.82) is 0 Å². The molecule has 0 aromatic heterocycles. The van der Waals surface area contributed by atoms with Crippen LogP contribution < -0.4 is 5.32 Å². The highest BCUT2D eigenvalue weighted by Gasteiger charge is 2.40. The predicted octanol–water partition coefficient (Wildman–Crippen LogP) is 2.50. The predicted molar refractivity (Wildman–Crippen MR) is 69.6 cm³/mol. The number of rotatable bonds is 5. The lowest BCUT2D eigenvalue weighted by Gasteiger charge is -2.33. The maximum atomic E-state index is 3.80. The summed E-state index contributed by atoms with van der Waals surface area (Å²) in [4.78, 5) is 2.46. The molecule has 1 aliphatic carbocycles. The maximum Gasteiger partial charge on any atom is 0.00681 e. The van der Waals surface area contributed by atoms with Crippen molar-refractivity contribution < 1.29 is 0 Å². The molecule has 1 saturated carbocycles. The minimum absolute atomic E-state index is 0.694. The van der Waals surface area contributed by atoms with Gasteiger partial charge in [-0.25, -0.2) is 0 Å². The number of nitrogens with zero attached hydrogens (tertiary/aromatic N) is 1. The summed E-state index contributed by atoms with van der Waals surface area (Å²) < 4.78 is 0. The average molecular weight is 224 g/mol. The smallest absolute Gasteiger partial charge is 0.00681 e. The molecule has 0 spiro atoms. The molecule has 0 bridgehead atoms. The van der Waals surface area contributed by atoms with Gasteiger partial charge in [-0.05, 0) is 70.5 Å². The van der Waals surface area contributed by atoms with Crippen LogP contribution in [0.1, 0.15) is 46.0 Å². The summed E-state index contributed by atoms with van der Waals surface area (Å²) in [6.07, 6.45) is 7.03. The molecule has 2 aliphatic rings. The van der Waals surface area contributed by atoms with Crippen molar-refractivity contribution in [2.24, 2.45) is 11.3 Å². The summed E-state index contributed by atoms with van der Waals surface area (Å²) >= 11 is 0. The number of likely N-dealkylation sites (tertiary alicyclic amines) is 1. The molecule has 1 N–H and O–H groups in total. The summed E-state index contributed by atoms with van der Waals surface area (Å²) in [5, 5.41) is 3.80.